The molecule has 2 atom stereocenters. The minimum absolute atomic E-state index is 0.0844. The molecule has 1 unspecified atom stereocenters. The highest BCUT2D eigenvalue weighted by Gasteiger charge is 2.55. The van der Waals surface area contributed by atoms with Crippen LogP contribution in [0, 0.1) is 11.7 Å². The number of amides is 2. The number of hydrogen-bond acceptors (Lipinski definition) is 3. The molecule has 0 radical (unpaired) electrons. The van der Waals surface area contributed by atoms with Gasteiger partial charge in [-0.2, -0.15) is 13.2 Å². The molecule has 2 aliphatic rings. The van der Waals surface area contributed by atoms with Crippen LogP contribution in [0.4, 0.5) is 23.2 Å². The monoisotopic (exact) mass is 446 g/mol. The van der Waals surface area contributed by atoms with Crippen LogP contribution in [0.25, 0.3) is 11.0 Å². The van der Waals surface area contributed by atoms with E-state index in [1.54, 1.807) is 0 Å². The number of nitrogens with zero attached hydrogens (tertiary/aromatic N) is 1. The Hall–Kier alpha value is -3.43. The molecule has 10 heteroatoms. The predicted molar refractivity (Wildman–Crippen MR) is 107 cm³/mol. The third kappa shape index (κ3) is 3.80. The average molecular weight is 446 g/mol. The number of halogens is 4. The molecule has 2 amide bonds. The second-order valence-corrected chi connectivity index (χ2v) is 8.34. The molecule has 2 fully saturated rings. The first-order valence-electron chi connectivity index (χ1n) is 10.1. The van der Waals surface area contributed by atoms with Crippen LogP contribution < -0.4 is 10.6 Å². The number of aromatic nitrogens is 2. The van der Waals surface area contributed by atoms with Gasteiger partial charge < -0.3 is 15.6 Å². The van der Waals surface area contributed by atoms with Crippen molar-refractivity contribution in [3.63, 3.8) is 0 Å². The summed E-state index contributed by atoms with van der Waals surface area (Å²) in [5.74, 6) is -1.80. The highest BCUT2D eigenvalue weighted by molar-refractivity contribution is 6.03. The third-order valence-corrected chi connectivity index (χ3v) is 5.92. The number of carbonyl (C=O) groups is 2. The lowest BCUT2D eigenvalue weighted by atomic mass is 10.1. The number of alkyl halides is 3. The van der Waals surface area contributed by atoms with Crippen LogP contribution in [0.5, 0.6) is 0 Å². The van der Waals surface area contributed by atoms with Gasteiger partial charge in [-0.15, -0.1) is 0 Å². The Labute approximate surface area is 179 Å². The van der Waals surface area contributed by atoms with E-state index in [1.807, 2.05) is 24.3 Å². The number of imidazole rings is 1. The van der Waals surface area contributed by atoms with Crippen molar-refractivity contribution in [1.29, 1.82) is 0 Å². The maximum Gasteiger partial charge on any atom is 0.416 e. The molecule has 1 aromatic heterocycles. The molecule has 5 rings (SSSR count). The predicted octanol–water partition coefficient (Wildman–Crippen LogP) is 4.11. The molecule has 0 bridgehead atoms. The van der Waals surface area contributed by atoms with E-state index in [2.05, 4.69) is 20.6 Å². The summed E-state index contributed by atoms with van der Waals surface area (Å²) in [4.78, 5) is 33.1. The molecule has 6 nitrogen and oxygen atoms in total. The molecule has 0 aliphatic heterocycles. The van der Waals surface area contributed by atoms with Crippen molar-refractivity contribution in [2.75, 3.05) is 5.32 Å². The Morgan fingerprint density at radius 1 is 1.12 bits per heavy atom. The largest absolute Gasteiger partial charge is 0.416 e. The fourth-order valence-corrected chi connectivity index (χ4v) is 3.87. The highest BCUT2D eigenvalue weighted by Crippen LogP contribution is 2.48. The summed E-state index contributed by atoms with van der Waals surface area (Å²) in [5.41, 5.74) is -1.02. The third-order valence-electron chi connectivity index (χ3n) is 5.92. The van der Waals surface area contributed by atoms with Crippen molar-refractivity contribution in [1.82, 2.24) is 15.3 Å². The number of aromatic amines is 1. The molecule has 2 saturated carbocycles. The standard InChI is InChI=1S/C22H18F4N4O2/c23-12-7-11(22(24,25)26)8-13(9-12)27-20(32)21(5-6-21)30-19(31)15-10-14(15)18-28-16-3-1-2-4-17(16)29-18/h1-4,7-9,14-15H,5-6,10H2,(H,27,32)(H,28,29)(H,30,31)/t14-,15?/m0/s1. The van der Waals surface area contributed by atoms with E-state index < -0.39 is 29.0 Å². The summed E-state index contributed by atoms with van der Waals surface area (Å²) in [6.07, 6.45) is -3.45. The van der Waals surface area contributed by atoms with Crippen molar-refractivity contribution in [2.24, 2.45) is 5.92 Å². The van der Waals surface area contributed by atoms with Crippen molar-refractivity contribution < 1.29 is 27.2 Å². The molecule has 3 N–H and O–H groups in total. The summed E-state index contributed by atoms with van der Waals surface area (Å²) >= 11 is 0. The van der Waals surface area contributed by atoms with Crippen LogP contribution in [0.2, 0.25) is 0 Å². The van der Waals surface area contributed by atoms with E-state index >= 15 is 0 Å². The Morgan fingerprint density at radius 3 is 2.56 bits per heavy atom. The topological polar surface area (TPSA) is 86.9 Å². The SMILES string of the molecule is O=C(NC1(C(=O)Nc2cc(F)cc(C(F)(F)F)c2)CC1)C1C[C@@H]1c1nc2ccccc2[nH]1. The molecule has 166 valence electrons. The van der Waals surface area contributed by atoms with Crippen LogP contribution >= 0.6 is 0 Å². The Kier molecular flexibility index (Phi) is 4.51. The first-order chi connectivity index (χ1) is 15.1. The van der Waals surface area contributed by atoms with Crippen LogP contribution in [-0.4, -0.2) is 27.3 Å². The maximum atomic E-state index is 13.6. The summed E-state index contributed by atoms with van der Waals surface area (Å²) in [5, 5.41) is 5.04. The molecule has 2 aliphatic carbocycles. The Morgan fingerprint density at radius 2 is 1.88 bits per heavy atom. The Bertz CT molecular complexity index is 1200. The molecule has 3 aromatic rings. The molecule has 0 spiro atoms. The Balaban J connectivity index is 1.24. The van der Waals surface area contributed by atoms with Crippen LogP contribution in [0.1, 0.15) is 36.6 Å². The molecular weight excluding hydrogens is 428 g/mol. The van der Waals surface area contributed by atoms with Gasteiger partial charge in [0.05, 0.1) is 16.6 Å². The lowest BCUT2D eigenvalue weighted by molar-refractivity contribution is -0.137. The quantitative estimate of drug-likeness (QED) is 0.516. The number of carbonyl (C=O) groups excluding carboxylic acids is 2. The lowest BCUT2D eigenvalue weighted by Gasteiger charge is -2.18. The van der Waals surface area contributed by atoms with Gasteiger partial charge in [-0.3, -0.25) is 9.59 Å². The minimum atomic E-state index is -4.75. The van der Waals surface area contributed by atoms with E-state index in [0.717, 1.165) is 17.1 Å². The second-order valence-electron chi connectivity index (χ2n) is 8.34. The molecule has 0 saturated heterocycles. The van der Waals surface area contributed by atoms with Crippen molar-refractivity contribution in [2.45, 2.75) is 36.9 Å². The van der Waals surface area contributed by atoms with Gasteiger partial charge in [-0.05, 0) is 49.6 Å². The van der Waals surface area contributed by atoms with E-state index in [9.17, 15) is 27.2 Å². The van der Waals surface area contributed by atoms with Gasteiger partial charge >= 0.3 is 6.18 Å². The zero-order valence-corrected chi connectivity index (χ0v) is 16.6. The summed E-state index contributed by atoms with van der Waals surface area (Å²) in [7, 11) is 0. The normalized spacial score (nSPS) is 21.2. The fourth-order valence-electron chi connectivity index (χ4n) is 3.87. The number of benzene rings is 2. The van der Waals surface area contributed by atoms with Gasteiger partial charge in [-0.1, -0.05) is 12.1 Å². The summed E-state index contributed by atoms with van der Waals surface area (Å²) in [6, 6.07) is 9.34. The van der Waals surface area contributed by atoms with E-state index in [4.69, 9.17) is 0 Å². The fraction of sp³-hybridized carbons (Fsp3) is 0.318. The van der Waals surface area contributed by atoms with E-state index in [1.165, 1.54) is 0 Å². The smallest absolute Gasteiger partial charge is 0.342 e. The van der Waals surface area contributed by atoms with Gasteiger partial charge in [0.15, 0.2) is 0 Å². The van der Waals surface area contributed by atoms with Crippen molar-refractivity contribution in [3.05, 3.63) is 59.7 Å². The van der Waals surface area contributed by atoms with E-state index in [0.29, 0.717) is 37.2 Å². The molecule has 1 heterocycles. The first kappa shape index (κ1) is 20.5. The number of rotatable bonds is 5. The molecular formula is C22H18F4N4O2. The van der Waals surface area contributed by atoms with Crippen LogP contribution in [0.15, 0.2) is 42.5 Å². The van der Waals surface area contributed by atoms with Gasteiger partial charge in [0.2, 0.25) is 11.8 Å². The number of para-hydroxylation sites is 2. The second kappa shape index (κ2) is 7.04. The van der Waals surface area contributed by atoms with Gasteiger partial charge in [0.1, 0.15) is 17.2 Å². The molecule has 2 aromatic carbocycles. The number of anilines is 1. The van der Waals surface area contributed by atoms with Crippen LogP contribution in [0.3, 0.4) is 0 Å². The first-order valence-corrected chi connectivity index (χ1v) is 10.1. The number of hydrogen-bond donors (Lipinski definition) is 3. The average Bonchev–Trinajstić information content (AvgIpc) is 3.63. The van der Waals surface area contributed by atoms with Crippen molar-refractivity contribution >= 4 is 28.5 Å². The van der Waals surface area contributed by atoms with Gasteiger partial charge in [-0.25, -0.2) is 9.37 Å². The van der Waals surface area contributed by atoms with Gasteiger partial charge in [0, 0.05) is 17.5 Å². The number of fused-ring (bicyclic) bond motifs is 1. The number of nitrogens with one attached hydrogen (secondary N) is 3. The van der Waals surface area contributed by atoms with E-state index in [-0.39, 0.29) is 23.4 Å². The minimum Gasteiger partial charge on any atom is -0.342 e. The summed E-state index contributed by atoms with van der Waals surface area (Å²) < 4.78 is 52.3. The summed E-state index contributed by atoms with van der Waals surface area (Å²) in [6.45, 7) is 0. The van der Waals surface area contributed by atoms with Gasteiger partial charge in [0.25, 0.3) is 0 Å². The van der Waals surface area contributed by atoms with Crippen LogP contribution in [-0.2, 0) is 15.8 Å². The maximum absolute atomic E-state index is 13.6. The molecule has 32 heavy (non-hydrogen) atoms. The number of H-pyrrole nitrogens is 1. The van der Waals surface area contributed by atoms with Crippen molar-refractivity contribution in [3.8, 4) is 0 Å². The zero-order valence-electron chi connectivity index (χ0n) is 16.6. The highest BCUT2D eigenvalue weighted by atomic mass is 19.4. The zero-order chi connectivity index (χ0) is 22.7. The lowest BCUT2D eigenvalue weighted by Crippen LogP contribution is -2.46.